The molecule has 0 amide bonds. The summed E-state index contributed by atoms with van der Waals surface area (Å²) in [6.07, 6.45) is 0. The van der Waals surface area contributed by atoms with Gasteiger partial charge in [0, 0.05) is 0 Å². The maximum absolute atomic E-state index is 12.8. The van der Waals surface area contributed by atoms with Gasteiger partial charge in [-0.25, -0.2) is 0 Å². The minimum Gasteiger partial charge on any atom is -0.308 e. The van der Waals surface area contributed by atoms with Crippen LogP contribution >= 0.6 is 7.60 Å². The molecule has 1 aromatic carbocycles. The highest BCUT2D eigenvalue weighted by Crippen LogP contribution is 2.59. The predicted molar refractivity (Wildman–Crippen MR) is 73.7 cm³/mol. The zero-order chi connectivity index (χ0) is 13.4. The first kappa shape index (κ1) is 15.4. The maximum Gasteiger partial charge on any atom is 0.351 e. The third kappa shape index (κ3) is 3.92. The molecule has 0 heterocycles. The first-order valence-corrected chi connectivity index (χ1v) is 7.96. The summed E-state index contributed by atoms with van der Waals surface area (Å²) in [7, 11) is -3.18. The van der Waals surface area contributed by atoms with Gasteiger partial charge in [0.2, 0.25) is 0 Å². The zero-order valence-corrected chi connectivity index (χ0v) is 12.2. The summed E-state index contributed by atoms with van der Waals surface area (Å²) in [5.41, 5.74) is 0.921. The SMILES string of the molecule is CCNC(c1ccccc1)P(=O)(OCC)OCC. The minimum atomic E-state index is -3.18. The molecule has 1 unspecified atom stereocenters. The third-order valence-electron chi connectivity index (χ3n) is 2.45. The molecule has 0 spiro atoms. The molecule has 102 valence electrons. The van der Waals surface area contributed by atoms with Gasteiger partial charge in [-0.05, 0) is 26.0 Å². The Morgan fingerprint density at radius 3 is 2.11 bits per heavy atom. The fourth-order valence-electron chi connectivity index (χ4n) is 1.79. The van der Waals surface area contributed by atoms with Gasteiger partial charge in [0.15, 0.2) is 0 Å². The van der Waals surface area contributed by atoms with E-state index in [0.29, 0.717) is 19.8 Å². The molecule has 1 N–H and O–H groups in total. The molecule has 1 rings (SSSR count). The highest BCUT2D eigenvalue weighted by molar-refractivity contribution is 7.54. The lowest BCUT2D eigenvalue weighted by molar-refractivity contribution is 0.208. The average Bonchev–Trinajstić information content (AvgIpc) is 2.37. The molecular weight excluding hydrogens is 249 g/mol. The van der Waals surface area contributed by atoms with Crippen molar-refractivity contribution in [2.75, 3.05) is 19.8 Å². The van der Waals surface area contributed by atoms with Crippen LogP contribution in [0, 0.1) is 0 Å². The first-order chi connectivity index (χ1) is 8.68. The van der Waals surface area contributed by atoms with Crippen LogP contribution < -0.4 is 5.32 Å². The van der Waals surface area contributed by atoms with E-state index >= 15 is 0 Å². The predicted octanol–water partition coefficient (Wildman–Crippen LogP) is 3.56. The van der Waals surface area contributed by atoms with E-state index in [-0.39, 0.29) is 0 Å². The van der Waals surface area contributed by atoms with E-state index in [0.717, 1.165) is 5.56 Å². The van der Waals surface area contributed by atoms with Crippen molar-refractivity contribution in [3.05, 3.63) is 35.9 Å². The minimum absolute atomic E-state index is 0.367. The Morgan fingerprint density at radius 1 is 1.11 bits per heavy atom. The Labute approximate surface area is 109 Å². The van der Waals surface area contributed by atoms with Crippen LogP contribution in [0.25, 0.3) is 0 Å². The number of hydrogen-bond acceptors (Lipinski definition) is 4. The largest absolute Gasteiger partial charge is 0.351 e. The normalized spacial score (nSPS) is 13.5. The lowest BCUT2D eigenvalue weighted by Crippen LogP contribution is -2.23. The molecule has 0 saturated heterocycles. The van der Waals surface area contributed by atoms with E-state index in [1.54, 1.807) is 0 Å². The first-order valence-electron chi connectivity index (χ1n) is 6.35. The molecule has 0 fully saturated rings. The summed E-state index contributed by atoms with van der Waals surface area (Å²) < 4.78 is 23.6. The van der Waals surface area contributed by atoms with E-state index < -0.39 is 13.4 Å². The van der Waals surface area contributed by atoms with Crippen LogP contribution in [-0.2, 0) is 13.6 Å². The van der Waals surface area contributed by atoms with Crippen LogP contribution in [0.1, 0.15) is 32.1 Å². The molecule has 4 nitrogen and oxygen atoms in total. The van der Waals surface area contributed by atoms with Crippen molar-refractivity contribution in [2.24, 2.45) is 0 Å². The quantitative estimate of drug-likeness (QED) is 0.734. The van der Waals surface area contributed by atoms with E-state index in [9.17, 15) is 4.57 Å². The molecule has 0 radical (unpaired) electrons. The Bertz CT molecular complexity index is 373. The van der Waals surface area contributed by atoms with Gasteiger partial charge < -0.3 is 14.4 Å². The van der Waals surface area contributed by atoms with Crippen molar-refractivity contribution in [3.8, 4) is 0 Å². The van der Waals surface area contributed by atoms with Gasteiger partial charge in [-0.15, -0.1) is 0 Å². The second kappa shape index (κ2) is 7.70. The topological polar surface area (TPSA) is 47.6 Å². The van der Waals surface area contributed by atoms with Crippen molar-refractivity contribution in [1.82, 2.24) is 5.32 Å². The van der Waals surface area contributed by atoms with Crippen LogP contribution in [0.5, 0.6) is 0 Å². The molecule has 0 aliphatic rings. The Hall–Kier alpha value is -0.670. The third-order valence-corrected chi connectivity index (χ3v) is 4.80. The molecule has 1 atom stereocenters. The van der Waals surface area contributed by atoms with E-state index in [1.165, 1.54) is 0 Å². The van der Waals surface area contributed by atoms with Crippen molar-refractivity contribution < 1.29 is 13.6 Å². The highest BCUT2D eigenvalue weighted by atomic mass is 31.2. The Kier molecular flexibility index (Phi) is 6.58. The lowest BCUT2D eigenvalue weighted by Gasteiger charge is -2.27. The lowest BCUT2D eigenvalue weighted by atomic mass is 10.2. The highest BCUT2D eigenvalue weighted by Gasteiger charge is 2.36. The van der Waals surface area contributed by atoms with Crippen molar-refractivity contribution in [1.29, 1.82) is 0 Å². The second-order valence-corrected chi connectivity index (χ2v) is 5.86. The molecule has 0 aromatic heterocycles. The molecule has 0 aliphatic carbocycles. The number of benzene rings is 1. The Morgan fingerprint density at radius 2 is 1.67 bits per heavy atom. The second-order valence-electron chi connectivity index (χ2n) is 3.75. The van der Waals surface area contributed by atoms with Crippen molar-refractivity contribution >= 4 is 7.60 Å². The summed E-state index contributed by atoms with van der Waals surface area (Å²) in [6.45, 7) is 7.04. The van der Waals surface area contributed by atoms with Crippen LogP contribution in [0.4, 0.5) is 0 Å². The molecule has 5 heteroatoms. The molecular formula is C13H22NO3P. The van der Waals surface area contributed by atoms with Crippen molar-refractivity contribution in [3.63, 3.8) is 0 Å². The van der Waals surface area contributed by atoms with Crippen LogP contribution in [0.3, 0.4) is 0 Å². The van der Waals surface area contributed by atoms with Gasteiger partial charge >= 0.3 is 7.60 Å². The molecule has 1 aromatic rings. The molecule has 18 heavy (non-hydrogen) atoms. The number of hydrogen-bond donors (Lipinski definition) is 1. The smallest absolute Gasteiger partial charge is 0.308 e. The summed E-state index contributed by atoms with van der Waals surface area (Å²) in [5, 5.41) is 3.20. The molecule has 0 aliphatic heterocycles. The van der Waals surface area contributed by atoms with Gasteiger partial charge in [-0.3, -0.25) is 4.57 Å². The number of nitrogens with one attached hydrogen (secondary N) is 1. The zero-order valence-electron chi connectivity index (χ0n) is 11.3. The van der Waals surface area contributed by atoms with E-state index in [2.05, 4.69) is 5.32 Å². The Balaban J connectivity index is 3.04. The average molecular weight is 271 g/mol. The summed E-state index contributed by atoms with van der Waals surface area (Å²) in [4.78, 5) is 0. The van der Waals surface area contributed by atoms with Crippen LogP contribution in [0.2, 0.25) is 0 Å². The van der Waals surface area contributed by atoms with Gasteiger partial charge in [-0.1, -0.05) is 37.3 Å². The molecule has 0 bridgehead atoms. The maximum atomic E-state index is 12.8. The van der Waals surface area contributed by atoms with Gasteiger partial charge in [0.25, 0.3) is 0 Å². The van der Waals surface area contributed by atoms with Crippen molar-refractivity contribution in [2.45, 2.75) is 26.6 Å². The van der Waals surface area contributed by atoms with E-state index in [1.807, 2.05) is 51.1 Å². The standard InChI is InChI=1S/C13H22NO3P/c1-4-14-13(12-10-8-7-9-11-12)18(15,16-5-2)17-6-3/h7-11,13-14H,4-6H2,1-3H3. The molecule has 0 saturated carbocycles. The van der Waals surface area contributed by atoms with Crippen LogP contribution in [0.15, 0.2) is 30.3 Å². The summed E-state index contributed by atoms with van der Waals surface area (Å²) >= 11 is 0. The fourth-order valence-corrected chi connectivity index (χ4v) is 3.82. The monoisotopic (exact) mass is 271 g/mol. The number of rotatable bonds is 8. The van der Waals surface area contributed by atoms with Gasteiger partial charge in [-0.2, -0.15) is 0 Å². The van der Waals surface area contributed by atoms with Crippen LogP contribution in [-0.4, -0.2) is 19.8 Å². The summed E-state index contributed by atoms with van der Waals surface area (Å²) in [5.74, 6) is -0.413. The van der Waals surface area contributed by atoms with E-state index in [4.69, 9.17) is 9.05 Å². The fraction of sp³-hybridized carbons (Fsp3) is 0.538. The summed E-state index contributed by atoms with van der Waals surface area (Å²) in [6, 6.07) is 9.62. The van der Waals surface area contributed by atoms with Gasteiger partial charge in [0.1, 0.15) is 5.78 Å². The van der Waals surface area contributed by atoms with Gasteiger partial charge in [0.05, 0.1) is 13.2 Å².